The highest BCUT2D eigenvalue weighted by atomic mass is 14.9. The Hall–Kier alpha value is -1.50. The molecule has 0 fully saturated rings. The van der Waals surface area contributed by atoms with Crippen LogP contribution in [0.2, 0.25) is 0 Å². The van der Waals surface area contributed by atoms with Crippen molar-refractivity contribution in [2.75, 3.05) is 11.9 Å². The molecule has 0 saturated carbocycles. The van der Waals surface area contributed by atoms with Crippen LogP contribution in [0.5, 0.6) is 0 Å². The fourth-order valence-corrected chi connectivity index (χ4v) is 4.25. The number of anilines is 1. The molecule has 1 heteroatoms. The van der Waals surface area contributed by atoms with Gasteiger partial charge in [0.25, 0.3) is 0 Å². The summed E-state index contributed by atoms with van der Waals surface area (Å²) in [4.78, 5) is 0. The van der Waals surface area contributed by atoms with Crippen molar-refractivity contribution in [3.8, 4) is 0 Å². The summed E-state index contributed by atoms with van der Waals surface area (Å²) in [5, 5.41) is 3.80. The average molecular weight is 410 g/mol. The fourth-order valence-electron chi connectivity index (χ4n) is 4.25. The molecule has 1 aliphatic carbocycles. The topological polar surface area (TPSA) is 12.0 Å². The Balaban J connectivity index is 2.31. The number of hydrogen-bond donors (Lipinski definition) is 1. The van der Waals surface area contributed by atoms with E-state index in [1.807, 2.05) is 0 Å². The van der Waals surface area contributed by atoms with Gasteiger partial charge in [0.15, 0.2) is 0 Å². The highest BCUT2D eigenvalue weighted by Gasteiger charge is 2.30. The normalized spacial score (nSPS) is 18.7. The van der Waals surface area contributed by atoms with Crippen molar-refractivity contribution in [3.63, 3.8) is 0 Å². The number of rotatable bonds is 4. The molecule has 0 heterocycles. The molecule has 1 unspecified atom stereocenters. The summed E-state index contributed by atoms with van der Waals surface area (Å²) in [6.45, 7) is 28.9. The van der Waals surface area contributed by atoms with Crippen LogP contribution in [0.1, 0.15) is 101 Å². The van der Waals surface area contributed by atoms with Crippen molar-refractivity contribution in [1.82, 2.24) is 0 Å². The van der Waals surface area contributed by atoms with Gasteiger partial charge in [0.2, 0.25) is 0 Å². The van der Waals surface area contributed by atoms with Crippen molar-refractivity contribution < 1.29 is 0 Å². The van der Waals surface area contributed by atoms with Gasteiger partial charge in [-0.15, -0.1) is 0 Å². The van der Waals surface area contributed by atoms with E-state index < -0.39 is 0 Å². The number of allylic oxidation sites excluding steroid dienone is 3. The van der Waals surface area contributed by atoms with Gasteiger partial charge in [0.1, 0.15) is 0 Å². The largest absolute Gasteiger partial charge is 0.384 e. The number of nitrogens with one attached hydrogen (secondary N) is 1. The van der Waals surface area contributed by atoms with Gasteiger partial charge in [-0.3, -0.25) is 0 Å². The minimum Gasteiger partial charge on any atom is -0.384 e. The lowest BCUT2D eigenvalue weighted by Crippen LogP contribution is -2.28. The van der Waals surface area contributed by atoms with Crippen molar-refractivity contribution >= 4 is 5.69 Å². The van der Waals surface area contributed by atoms with Gasteiger partial charge in [-0.2, -0.15) is 0 Å². The number of benzene rings is 1. The minimum atomic E-state index is 0.0796. The predicted octanol–water partition coefficient (Wildman–Crippen LogP) is 8.66. The van der Waals surface area contributed by atoms with E-state index >= 15 is 0 Å². The standard InChI is InChI=1S/C29H47N/c1-20-13-14-21(18-25(20)28(8,9)10)29(11,12)19-30-24-16-22(26(2,3)4)15-23(17-24)27(5,6)7/h14-18,20,30H,13,19H2,1-12H3. The maximum absolute atomic E-state index is 3.80. The zero-order valence-corrected chi connectivity index (χ0v) is 21.9. The molecule has 0 spiro atoms. The van der Waals surface area contributed by atoms with Gasteiger partial charge in [-0.1, -0.05) is 107 Å². The third kappa shape index (κ3) is 6.02. The van der Waals surface area contributed by atoms with Gasteiger partial charge in [0, 0.05) is 17.6 Å². The van der Waals surface area contributed by atoms with E-state index in [0.29, 0.717) is 5.92 Å². The highest BCUT2D eigenvalue weighted by Crippen LogP contribution is 2.41. The molecule has 1 aromatic carbocycles. The van der Waals surface area contributed by atoms with Gasteiger partial charge < -0.3 is 5.32 Å². The Morgan fingerprint density at radius 3 is 1.70 bits per heavy atom. The molecule has 30 heavy (non-hydrogen) atoms. The Morgan fingerprint density at radius 2 is 1.27 bits per heavy atom. The van der Waals surface area contributed by atoms with Crippen molar-refractivity contribution in [3.05, 3.63) is 52.6 Å². The first-order valence-electron chi connectivity index (χ1n) is 11.7. The van der Waals surface area contributed by atoms with Gasteiger partial charge in [0.05, 0.1) is 0 Å². The zero-order chi connectivity index (χ0) is 23.1. The van der Waals surface area contributed by atoms with Crippen LogP contribution < -0.4 is 5.32 Å². The average Bonchev–Trinajstić information content (AvgIpc) is 2.57. The molecule has 0 aliphatic heterocycles. The first kappa shape index (κ1) is 24.8. The maximum atomic E-state index is 3.80. The molecule has 1 atom stereocenters. The van der Waals surface area contributed by atoms with Crippen LogP contribution in [0.4, 0.5) is 5.69 Å². The van der Waals surface area contributed by atoms with Crippen LogP contribution >= 0.6 is 0 Å². The van der Waals surface area contributed by atoms with Crippen LogP contribution in [-0.4, -0.2) is 6.54 Å². The quantitative estimate of drug-likeness (QED) is 0.524. The van der Waals surface area contributed by atoms with E-state index in [9.17, 15) is 0 Å². The lowest BCUT2D eigenvalue weighted by molar-refractivity contribution is 0.417. The molecule has 1 N–H and O–H groups in total. The van der Waals surface area contributed by atoms with E-state index in [1.165, 1.54) is 22.4 Å². The second-order valence-corrected chi connectivity index (χ2v) is 13.2. The molecular formula is C29H47N. The van der Waals surface area contributed by atoms with Gasteiger partial charge in [-0.25, -0.2) is 0 Å². The van der Waals surface area contributed by atoms with Gasteiger partial charge >= 0.3 is 0 Å². The van der Waals surface area contributed by atoms with Crippen molar-refractivity contribution in [1.29, 1.82) is 0 Å². The van der Waals surface area contributed by atoms with E-state index in [1.54, 1.807) is 5.57 Å². The summed E-state index contributed by atoms with van der Waals surface area (Å²) in [5.41, 5.74) is 7.68. The number of hydrogen-bond acceptors (Lipinski definition) is 1. The summed E-state index contributed by atoms with van der Waals surface area (Å²) in [6, 6.07) is 7.08. The smallest absolute Gasteiger partial charge is 0.0346 e. The Labute approximate surface area is 187 Å². The molecule has 0 aromatic heterocycles. The van der Waals surface area contributed by atoms with Crippen molar-refractivity contribution in [2.45, 2.75) is 100 Å². The van der Waals surface area contributed by atoms with Crippen LogP contribution in [0.25, 0.3) is 0 Å². The summed E-state index contributed by atoms with van der Waals surface area (Å²) in [7, 11) is 0. The third-order valence-corrected chi connectivity index (χ3v) is 6.58. The fraction of sp³-hybridized carbons (Fsp3) is 0.655. The minimum absolute atomic E-state index is 0.0796. The third-order valence-electron chi connectivity index (χ3n) is 6.58. The van der Waals surface area contributed by atoms with Crippen LogP contribution in [0, 0.1) is 16.7 Å². The second-order valence-electron chi connectivity index (χ2n) is 13.2. The first-order chi connectivity index (χ1) is 13.4. The summed E-state index contributed by atoms with van der Waals surface area (Å²) >= 11 is 0. The molecule has 1 aromatic rings. The SMILES string of the molecule is CC1CC=C(C(C)(C)CNc2cc(C(C)(C)C)cc(C(C)(C)C)c2)C=C1C(C)(C)C. The molecule has 0 amide bonds. The second kappa shape index (κ2) is 8.21. The predicted molar refractivity (Wildman–Crippen MR) is 136 cm³/mol. The zero-order valence-electron chi connectivity index (χ0n) is 21.9. The van der Waals surface area contributed by atoms with Crippen LogP contribution in [0.3, 0.4) is 0 Å². The Kier molecular flexibility index (Phi) is 6.78. The molecule has 2 rings (SSSR count). The van der Waals surface area contributed by atoms with E-state index in [4.69, 9.17) is 0 Å². The molecule has 1 nitrogen and oxygen atoms in total. The molecule has 0 saturated heterocycles. The summed E-state index contributed by atoms with van der Waals surface area (Å²) in [5.74, 6) is 0.635. The lowest BCUT2D eigenvalue weighted by atomic mass is 9.71. The lowest BCUT2D eigenvalue weighted by Gasteiger charge is -2.36. The highest BCUT2D eigenvalue weighted by molar-refractivity contribution is 5.52. The Morgan fingerprint density at radius 1 is 0.767 bits per heavy atom. The van der Waals surface area contributed by atoms with E-state index in [-0.39, 0.29) is 21.7 Å². The van der Waals surface area contributed by atoms with E-state index in [0.717, 1.165) is 13.0 Å². The van der Waals surface area contributed by atoms with Crippen LogP contribution in [-0.2, 0) is 10.8 Å². The monoisotopic (exact) mass is 409 g/mol. The van der Waals surface area contributed by atoms with Crippen molar-refractivity contribution in [2.24, 2.45) is 16.7 Å². The summed E-state index contributed by atoms with van der Waals surface area (Å²) < 4.78 is 0. The van der Waals surface area contributed by atoms with Crippen LogP contribution in [0.15, 0.2) is 41.5 Å². The van der Waals surface area contributed by atoms with E-state index in [2.05, 4.69) is 119 Å². The summed E-state index contributed by atoms with van der Waals surface area (Å²) in [6.07, 6.45) is 6.10. The van der Waals surface area contributed by atoms with Gasteiger partial charge in [-0.05, 0) is 57.4 Å². The molecule has 0 bridgehead atoms. The Bertz CT molecular complexity index is 781. The molecule has 168 valence electrons. The molecular weight excluding hydrogens is 362 g/mol. The first-order valence-corrected chi connectivity index (χ1v) is 11.7. The molecule has 1 aliphatic rings. The molecule has 0 radical (unpaired) electrons. The maximum Gasteiger partial charge on any atom is 0.0346 e.